The number of hydrogen-bond acceptors (Lipinski definition) is 13. The Morgan fingerprint density at radius 2 is 1.01 bits per heavy atom. The molecule has 0 saturated heterocycles. The lowest BCUT2D eigenvalue weighted by Crippen LogP contribution is -2.40. The maximum Gasteiger partial charge on any atom is 0.304 e. The second-order valence-electron chi connectivity index (χ2n) is 23.6. The number of aromatic nitrogens is 10. The summed E-state index contributed by atoms with van der Waals surface area (Å²) in [5.74, 6) is 0.364. The first-order valence-corrected chi connectivity index (χ1v) is 33.6. The number of rotatable bonds is 4. The van der Waals surface area contributed by atoms with E-state index in [9.17, 15) is 0 Å². The summed E-state index contributed by atoms with van der Waals surface area (Å²) in [4.78, 5) is 38.0. The summed E-state index contributed by atoms with van der Waals surface area (Å²) in [6.45, 7) is 8.26. The number of nitrogens with two attached hydrogens (primary N) is 1. The van der Waals surface area contributed by atoms with Crippen LogP contribution < -0.4 is 26.3 Å². The molecule has 15 heteroatoms. The predicted molar refractivity (Wildman–Crippen MR) is 394 cm³/mol. The van der Waals surface area contributed by atoms with Gasteiger partial charge in [-0.05, 0) is 148 Å². The first-order chi connectivity index (χ1) is 46.6. The molecular formula is C80H85N14S+. The maximum absolute atomic E-state index is 5.50. The standard InChI is InChI=1S/C12H9NS.C12H23N.C12H11N.C11H10.2C10H9N.C7H8N4.C6H5N5/c1-3-7-11-9(5-1)13-10-6-2-4-8-12(10)14-11;2*1-3-7-11(8-4-1)13-12-9-5-2-6-10-12;1-9-5-4-7-10-6-2-3-8-11(9)10;1-8-4-2-5-9-6-3-7-11-10(8)9;1-8-4-5-9-3-2-6-11-10(9)7-8;1-5-6-7(9-3-8-5)11(2)4-10-6;7-5-4-6(11-3-10-5)9-2-1-8-4/h1-8,13H;11-13H,1-10H2;1-10,13H;2-8H,1H3;2*2-7H,1H3;3-4H,1-2H3;1-3H,(H2,7,9,10,11)/p+1. The van der Waals surface area contributed by atoms with E-state index in [1.54, 1.807) is 18.7 Å². The van der Waals surface area contributed by atoms with Crippen molar-refractivity contribution in [2.24, 2.45) is 7.05 Å². The quantitative estimate of drug-likeness (QED) is 0.105. The number of aryl methyl sites for hydroxylation is 5. The molecule has 0 atom stereocenters. The summed E-state index contributed by atoms with van der Waals surface area (Å²) in [6, 6.07) is 74.2. The third-order valence-corrected chi connectivity index (χ3v) is 17.6. The Morgan fingerprint density at radius 3 is 1.65 bits per heavy atom. The van der Waals surface area contributed by atoms with E-state index in [0.29, 0.717) is 17.0 Å². The molecule has 0 unspecified atom stereocenters. The minimum absolute atomic E-state index is 0.364. The molecule has 14 aromatic rings. The zero-order chi connectivity index (χ0) is 65.8. The number of imidazole rings is 1. The molecule has 14 nitrogen and oxygen atoms in total. The average molecular weight is 1270 g/mol. The molecule has 2 saturated carbocycles. The average Bonchev–Trinajstić information content (AvgIpc) is 2.39. The topological polar surface area (TPSA) is 185 Å². The molecule has 1 aliphatic heterocycles. The monoisotopic (exact) mass is 1270 g/mol. The van der Waals surface area contributed by atoms with E-state index in [4.69, 9.17) is 5.73 Å². The van der Waals surface area contributed by atoms with Gasteiger partial charge in [0, 0.05) is 68.8 Å². The number of nitrogens with zero attached hydrogens (tertiary/aromatic N) is 9. The minimum Gasteiger partial charge on any atom is -0.382 e. The summed E-state index contributed by atoms with van der Waals surface area (Å²) in [6.07, 6.45) is 26.1. The summed E-state index contributed by atoms with van der Waals surface area (Å²) in [7, 11) is 1.95. The molecule has 0 radical (unpaired) electrons. The van der Waals surface area contributed by atoms with Gasteiger partial charge in [-0.25, -0.2) is 29.5 Å². The molecular weight excluding hydrogens is 1190 g/mol. The van der Waals surface area contributed by atoms with Crippen molar-refractivity contribution >= 4 is 95.2 Å². The van der Waals surface area contributed by atoms with Gasteiger partial charge in [0.15, 0.2) is 29.6 Å². The number of hydrogen-bond donors (Lipinski definition) is 5. The summed E-state index contributed by atoms with van der Waals surface area (Å²) in [5, 5.41) is 15.7. The summed E-state index contributed by atoms with van der Waals surface area (Å²) in [5.41, 5.74) is 20.2. The van der Waals surface area contributed by atoms with Crippen LogP contribution in [0.4, 0.5) is 28.6 Å². The lowest BCUT2D eigenvalue weighted by molar-refractivity contribution is -0.646. The molecule has 8 aromatic carbocycles. The number of aromatic amines is 1. The highest BCUT2D eigenvalue weighted by Gasteiger charge is 2.19. The zero-order valence-corrected chi connectivity index (χ0v) is 55.8. The Balaban J connectivity index is 0.000000118. The Bertz CT molecular complexity index is 4280. The molecule has 7 heterocycles. The Morgan fingerprint density at radius 1 is 0.463 bits per heavy atom. The summed E-state index contributed by atoms with van der Waals surface area (Å²) >= 11 is 1.82. The largest absolute Gasteiger partial charge is 0.382 e. The van der Waals surface area contributed by atoms with Crippen LogP contribution >= 0.6 is 11.8 Å². The SMILES string of the molecule is C1CCC(NC2CCCCC2)CC1.Cc1ccc2cccnc2c1.Cc1cccc2ccccc12.Cc1cccc2cccnc12.Cc1ncnc2c1[nH]c[n+]2C.Nc1ncnc2nccnc12.c1ccc(Nc2ccccc2)cc1.c1ccc2c(c1)Nc1ccccc1S2. The van der Waals surface area contributed by atoms with Gasteiger partial charge in [-0.3, -0.25) is 15.0 Å². The molecule has 6 aromatic heterocycles. The second kappa shape index (κ2) is 35.5. The number of H-pyrrole nitrogens is 1. The van der Waals surface area contributed by atoms with Crippen LogP contribution in [0.1, 0.15) is 86.6 Å². The molecule has 6 N–H and O–H groups in total. The van der Waals surface area contributed by atoms with Crippen molar-refractivity contribution in [3.8, 4) is 0 Å². The van der Waals surface area contributed by atoms with Crippen LogP contribution in [-0.2, 0) is 7.05 Å². The van der Waals surface area contributed by atoms with Crippen molar-refractivity contribution in [2.45, 2.75) is 114 Å². The molecule has 2 aliphatic carbocycles. The molecule has 95 heavy (non-hydrogen) atoms. The molecule has 3 aliphatic rings. The number of nitrogens with one attached hydrogen (secondary N) is 4. The van der Waals surface area contributed by atoms with Gasteiger partial charge in [0.1, 0.15) is 11.8 Å². The van der Waals surface area contributed by atoms with Gasteiger partial charge >= 0.3 is 5.65 Å². The predicted octanol–water partition coefficient (Wildman–Crippen LogP) is 18.9. The molecule has 0 bridgehead atoms. The normalized spacial score (nSPS) is 12.9. The van der Waals surface area contributed by atoms with Gasteiger partial charge in [-0.15, -0.1) is 0 Å². The number of fused-ring (bicyclic) bond motifs is 7. The van der Waals surface area contributed by atoms with E-state index in [1.807, 2.05) is 122 Å². The van der Waals surface area contributed by atoms with E-state index in [2.05, 4.69) is 221 Å². The van der Waals surface area contributed by atoms with Crippen LogP contribution in [0.3, 0.4) is 0 Å². The van der Waals surface area contributed by atoms with Gasteiger partial charge in [0.25, 0.3) is 0 Å². The molecule has 480 valence electrons. The summed E-state index contributed by atoms with van der Waals surface area (Å²) < 4.78 is 1.93. The minimum atomic E-state index is 0.364. The lowest BCUT2D eigenvalue weighted by atomic mass is 9.91. The lowest BCUT2D eigenvalue weighted by Gasteiger charge is -2.30. The highest BCUT2D eigenvalue weighted by atomic mass is 32.2. The van der Waals surface area contributed by atoms with Crippen molar-refractivity contribution in [3.63, 3.8) is 0 Å². The van der Waals surface area contributed by atoms with Crippen LogP contribution in [-0.4, -0.2) is 56.9 Å². The maximum atomic E-state index is 5.50. The fourth-order valence-electron chi connectivity index (χ4n) is 11.4. The van der Waals surface area contributed by atoms with Crippen molar-refractivity contribution in [1.29, 1.82) is 0 Å². The van der Waals surface area contributed by atoms with E-state index in [1.165, 1.54) is 130 Å². The number of nitrogen functional groups attached to an aromatic ring is 1. The number of benzene rings is 8. The van der Waals surface area contributed by atoms with Crippen LogP contribution in [0.15, 0.2) is 266 Å². The molecule has 17 rings (SSSR count). The number of pyridine rings is 2. The Hall–Kier alpha value is -10.5. The van der Waals surface area contributed by atoms with E-state index in [-0.39, 0.29) is 0 Å². The van der Waals surface area contributed by atoms with Crippen LogP contribution in [0.25, 0.3) is 54.9 Å². The highest BCUT2D eigenvalue weighted by Crippen LogP contribution is 2.43. The Kier molecular flexibility index (Phi) is 25.2. The number of para-hydroxylation sites is 5. The fourth-order valence-corrected chi connectivity index (χ4v) is 12.4. The van der Waals surface area contributed by atoms with Crippen molar-refractivity contribution in [2.75, 3.05) is 16.4 Å². The van der Waals surface area contributed by atoms with E-state index < -0.39 is 0 Å². The first-order valence-electron chi connectivity index (χ1n) is 32.8. The molecule has 2 fully saturated rings. The van der Waals surface area contributed by atoms with Crippen molar-refractivity contribution < 1.29 is 4.57 Å². The van der Waals surface area contributed by atoms with Crippen LogP contribution in [0.5, 0.6) is 0 Å². The third kappa shape index (κ3) is 20.3. The van der Waals surface area contributed by atoms with Gasteiger partial charge in [-0.2, -0.15) is 0 Å². The smallest absolute Gasteiger partial charge is 0.304 e. The fraction of sp³-hybridized carbons (Fsp3) is 0.212. The third-order valence-electron chi connectivity index (χ3n) is 16.4. The molecule has 0 amide bonds. The van der Waals surface area contributed by atoms with Gasteiger partial charge in [-0.1, -0.05) is 201 Å². The van der Waals surface area contributed by atoms with Crippen molar-refractivity contribution in [1.82, 2.24) is 50.2 Å². The Labute approximate surface area is 562 Å². The van der Waals surface area contributed by atoms with E-state index >= 15 is 0 Å². The molecule has 0 spiro atoms. The zero-order valence-electron chi connectivity index (χ0n) is 55.0. The highest BCUT2D eigenvalue weighted by molar-refractivity contribution is 7.99. The van der Waals surface area contributed by atoms with Gasteiger partial charge in [0.2, 0.25) is 0 Å². The van der Waals surface area contributed by atoms with E-state index in [0.717, 1.165) is 51.3 Å². The first kappa shape index (κ1) is 67.4. The van der Waals surface area contributed by atoms with Crippen molar-refractivity contribution in [3.05, 3.63) is 278 Å². The van der Waals surface area contributed by atoms with Gasteiger partial charge < -0.3 is 21.7 Å². The van der Waals surface area contributed by atoms with Crippen LogP contribution in [0, 0.1) is 27.7 Å². The number of anilines is 5. The van der Waals surface area contributed by atoms with Gasteiger partial charge in [0.05, 0.1) is 35.1 Å². The van der Waals surface area contributed by atoms with Crippen LogP contribution in [0.2, 0.25) is 0 Å². The second-order valence-corrected chi connectivity index (χ2v) is 24.7.